The predicted molar refractivity (Wildman–Crippen MR) is 228 cm³/mol. The highest BCUT2D eigenvalue weighted by Crippen LogP contribution is 2.32. The van der Waals surface area contributed by atoms with E-state index in [4.69, 9.17) is 23.5 Å². The minimum absolute atomic E-state index is 0.166. The van der Waals surface area contributed by atoms with Crippen molar-refractivity contribution in [3.05, 3.63) is 0 Å². The number of hydrogen-bond acceptors (Lipinski definition) is 15. The van der Waals surface area contributed by atoms with E-state index in [1.807, 2.05) is 0 Å². The van der Waals surface area contributed by atoms with Gasteiger partial charge in [-0.3, -0.25) is 9.11 Å². The molecule has 0 saturated carbocycles. The van der Waals surface area contributed by atoms with Crippen LogP contribution < -0.4 is 0 Å². The van der Waals surface area contributed by atoms with E-state index in [0.29, 0.717) is 0 Å². The summed E-state index contributed by atoms with van der Waals surface area (Å²) in [4.78, 5) is 0. The average Bonchev–Trinajstić information content (AvgIpc) is 3.20. The highest BCUT2D eigenvalue weighted by atomic mass is 32.3. The molecule has 19 heteroatoms. The van der Waals surface area contributed by atoms with Crippen LogP contribution in [0.4, 0.5) is 0 Å². The van der Waals surface area contributed by atoms with Gasteiger partial charge >= 0.3 is 20.8 Å². The van der Waals surface area contributed by atoms with E-state index >= 15 is 0 Å². The molecule has 0 amide bonds. The molecule has 2 heterocycles. The van der Waals surface area contributed by atoms with Crippen molar-refractivity contribution in [2.45, 2.75) is 242 Å². The smallest absolute Gasteiger partial charge is 0.394 e. The van der Waals surface area contributed by atoms with Crippen molar-refractivity contribution in [3.8, 4) is 0 Å². The Hall–Kier alpha value is -0.620. The summed E-state index contributed by atoms with van der Waals surface area (Å²) < 4.78 is 95.2. The zero-order valence-corrected chi connectivity index (χ0v) is 38.5. The molecule has 7 N–H and O–H groups in total. The summed E-state index contributed by atoms with van der Waals surface area (Å²) in [5, 5.41) is 53.9. The van der Waals surface area contributed by atoms with Crippen LogP contribution in [0.1, 0.15) is 181 Å². The van der Waals surface area contributed by atoms with Crippen LogP contribution in [-0.4, -0.2) is 133 Å². The molecule has 2 aliphatic rings. The van der Waals surface area contributed by atoms with Gasteiger partial charge in [0.25, 0.3) is 0 Å². The van der Waals surface area contributed by atoms with Crippen molar-refractivity contribution in [1.29, 1.82) is 0 Å². The Bertz CT molecular complexity index is 1280. The Morgan fingerprint density at radius 2 is 0.934 bits per heavy atom. The van der Waals surface area contributed by atoms with Crippen LogP contribution >= 0.6 is 0 Å². The number of ether oxygens (including phenoxy) is 4. The Morgan fingerprint density at radius 3 is 1.34 bits per heavy atom. The first kappa shape index (κ1) is 56.5. The maximum Gasteiger partial charge on any atom is 0.397 e. The molecule has 0 aromatic rings. The Labute approximate surface area is 366 Å². The van der Waals surface area contributed by atoms with E-state index in [9.17, 15) is 46.9 Å². The van der Waals surface area contributed by atoms with Crippen LogP contribution in [-0.2, 0) is 48.1 Å². The Balaban J connectivity index is 1.97. The number of aliphatic hydroxyl groups is 5. The van der Waals surface area contributed by atoms with E-state index in [1.54, 1.807) is 0 Å². The van der Waals surface area contributed by atoms with E-state index in [0.717, 1.165) is 38.5 Å². The maximum absolute atomic E-state index is 11.5. The standard InChI is InChI=1S/C42H82O17S2/c1-3-5-7-9-11-13-15-17-19-21-23-25-27-32(28-26-24-22-20-18-16-14-12-10-8-6-4-2)30-54-41-37(46)36(45)39(33(29-43)56-41)58-42-38(47)40(59-61(51,52)53)35(44)34(57-42)31-55-60(48,49)50/h32-47H,3-31H2,1-2H3,(H,48,49,50)(H,51,52,53)/t33-,34-,35+,36-,37-,38-,39-,40+,41-,42+/m1/s1. The van der Waals surface area contributed by atoms with Gasteiger partial charge in [-0.05, 0) is 18.8 Å². The van der Waals surface area contributed by atoms with Crippen molar-refractivity contribution in [2.24, 2.45) is 5.92 Å². The molecule has 2 fully saturated rings. The van der Waals surface area contributed by atoms with Crippen molar-refractivity contribution < 1.29 is 78.8 Å². The van der Waals surface area contributed by atoms with Crippen LogP contribution in [0.25, 0.3) is 0 Å². The number of unbranched alkanes of at least 4 members (excludes halogenated alkanes) is 22. The fourth-order valence-electron chi connectivity index (χ4n) is 8.16. The van der Waals surface area contributed by atoms with Crippen molar-refractivity contribution >= 4 is 20.8 Å². The van der Waals surface area contributed by atoms with Gasteiger partial charge in [-0.15, -0.1) is 0 Å². The first-order chi connectivity index (χ1) is 29.1. The summed E-state index contributed by atoms with van der Waals surface area (Å²) in [5.41, 5.74) is 0. The lowest BCUT2D eigenvalue weighted by atomic mass is 9.94. The van der Waals surface area contributed by atoms with Crippen molar-refractivity contribution in [3.63, 3.8) is 0 Å². The fourth-order valence-corrected chi connectivity index (χ4v) is 8.98. The molecule has 0 aromatic heterocycles. The first-order valence-corrected chi connectivity index (χ1v) is 26.0. The van der Waals surface area contributed by atoms with Crippen LogP contribution in [0.5, 0.6) is 0 Å². The van der Waals surface area contributed by atoms with Gasteiger partial charge in [-0.2, -0.15) is 16.8 Å². The van der Waals surface area contributed by atoms with Gasteiger partial charge < -0.3 is 44.5 Å². The summed E-state index contributed by atoms with van der Waals surface area (Å²) in [6.07, 6.45) is 13.3. The van der Waals surface area contributed by atoms with Crippen LogP contribution in [0.3, 0.4) is 0 Å². The van der Waals surface area contributed by atoms with Gasteiger partial charge in [0.05, 0.1) is 19.8 Å². The van der Waals surface area contributed by atoms with Gasteiger partial charge in [0, 0.05) is 0 Å². The van der Waals surface area contributed by atoms with Gasteiger partial charge in [0.1, 0.15) is 48.8 Å². The topological polar surface area (TPSA) is 265 Å². The Kier molecular flexibility index (Phi) is 29.8. The van der Waals surface area contributed by atoms with Crippen LogP contribution in [0.2, 0.25) is 0 Å². The lowest BCUT2D eigenvalue weighted by molar-refractivity contribution is -0.358. The van der Waals surface area contributed by atoms with Gasteiger partial charge in [0.15, 0.2) is 12.6 Å². The summed E-state index contributed by atoms with van der Waals surface area (Å²) in [5.74, 6) is 0.166. The highest BCUT2D eigenvalue weighted by Gasteiger charge is 2.52. The molecule has 0 unspecified atom stereocenters. The molecule has 2 aliphatic heterocycles. The molecule has 0 radical (unpaired) electrons. The van der Waals surface area contributed by atoms with Gasteiger partial charge in [-0.25, -0.2) is 8.37 Å². The lowest BCUT2D eigenvalue weighted by Gasteiger charge is -2.46. The quantitative estimate of drug-likeness (QED) is 0.0275. The predicted octanol–water partition coefficient (Wildman–Crippen LogP) is 6.08. The Morgan fingerprint density at radius 1 is 0.508 bits per heavy atom. The molecular formula is C42H82O17S2. The van der Waals surface area contributed by atoms with E-state index in [1.165, 1.54) is 128 Å². The van der Waals surface area contributed by atoms with Gasteiger partial charge in [-0.1, -0.05) is 168 Å². The molecule has 2 rings (SSSR count). The van der Waals surface area contributed by atoms with E-state index in [-0.39, 0.29) is 12.5 Å². The largest absolute Gasteiger partial charge is 0.397 e. The minimum atomic E-state index is -5.31. The summed E-state index contributed by atoms with van der Waals surface area (Å²) in [7, 11) is -10.4. The number of rotatable bonds is 37. The van der Waals surface area contributed by atoms with Crippen molar-refractivity contribution in [2.75, 3.05) is 19.8 Å². The molecule has 0 spiro atoms. The molecule has 364 valence electrons. The number of aliphatic hydroxyl groups excluding tert-OH is 5. The van der Waals surface area contributed by atoms with Crippen LogP contribution in [0, 0.1) is 5.92 Å². The minimum Gasteiger partial charge on any atom is -0.394 e. The highest BCUT2D eigenvalue weighted by molar-refractivity contribution is 7.81. The van der Waals surface area contributed by atoms with Crippen molar-refractivity contribution in [1.82, 2.24) is 0 Å². The normalized spacial score (nSPS) is 27.6. The number of hydrogen-bond donors (Lipinski definition) is 7. The van der Waals surface area contributed by atoms with E-state index < -0.39 is 95.4 Å². The molecule has 61 heavy (non-hydrogen) atoms. The van der Waals surface area contributed by atoms with Gasteiger partial charge in [0.2, 0.25) is 0 Å². The fraction of sp³-hybridized carbons (Fsp3) is 1.00. The third-order valence-corrected chi connectivity index (χ3v) is 12.7. The summed E-state index contributed by atoms with van der Waals surface area (Å²) >= 11 is 0. The molecule has 10 atom stereocenters. The summed E-state index contributed by atoms with van der Waals surface area (Å²) in [6, 6.07) is 0. The molecule has 2 saturated heterocycles. The van der Waals surface area contributed by atoms with E-state index in [2.05, 4.69) is 22.2 Å². The first-order valence-electron chi connectivity index (χ1n) is 23.3. The average molecular weight is 923 g/mol. The third-order valence-electron chi connectivity index (χ3n) is 11.8. The zero-order chi connectivity index (χ0) is 45.1. The third kappa shape index (κ3) is 24.5. The summed E-state index contributed by atoms with van der Waals surface area (Å²) in [6.45, 7) is 2.81. The second-order valence-corrected chi connectivity index (χ2v) is 19.2. The maximum atomic E-state index is 11.5. The molecule has 0 aromatic carbocycles. The lowest BCUT2D eigenvalue weighted by Crippen LogP contribution is -2.65. The molecular weight excluding hydrogens is 841 g/mol. The molecule has 17 nitrogen and oxygen atoms in total. The zero-order valence-electron chi connectivity index (χ0n) is 36.9. The van der Waals surface area contributed by atoms with Crippen LogP contribution in [0.15, 0.2) is 0 Å². The second kappa shape index (κ2) is 32.1. The molecule has 0 bridgehead atoms. The SMILES string of the molecule is CCCCCCCCCCCCCCC(CCCCCCCCCCCCCC)CO[C@@H]1O[C@H](CO)[C@@H](O[C@@H]2O[C@H](COS(=O)(=O)O)[C@H](O)[C@H](OS(=O)(=O)O)[C@H]2O)[C@H](O)[C@H]1O. The monoisotopic (exact) mass is 922 g/mol. The second-order valence-electron chi connectivity index (χ2n) is 17.1. The molecule has 0 aliphatic carbocycles.